The maximum Gasteiger partial charge on any atom is 0.231 e. The number of methoxy groups -OCH3 is 1. The number of ether oxygens (including phenoxy) is 4. The number of hydrogen-bond donors (Lipinski definition) is 0. The summed E-state index contributed by atoms with van der Waals surface area (Å²) in [4.78, 5) is 3.59. The Morgan fingerprint density at radius 2 is 1.86 bits per heavy atom. The Morgan fingerprint density at radius 1 is 1.04 bits per heavy atom. The van der Waals surface area contributed by atoms with Crippen molar-refractivity contribution in [3.8, 4) is 28.7 Å². The van der Waals surface area contributed by atoms with E-state index in [2.05, 4.69) is 17.0 Å². The van der Waals surface area contributed by atoms with E-state index in [-0.39, 0.29) is 6.79 Å². The lowest BCUT2D eigenvalue weighted by Gasteiger charge is -2.28. The lowest BCUT2D eigenvalue weighted by molar-refractivity contribution is 0.174. The highest BCUT2D eigenvalue weighted by atomic mass is 35.5. The average molecular weight is 416 g/mol. The van der Waals surface area contributed by atoms with Gasteiger partial charge >= 0.3 is 0 Å². The minimum atomic E-state index is 0.232. The normalized spacial score (nSPS) is 15.2. The lowest BCUT2D eigenvalue weighted by Crippen LogP contribution is -2.24. The molecule has 144 valence electrons. The Labute approximate surface area is 172 Å². The number of benzene rings is 2. The molecule has 0 aliphatic carbocycles. The molecule has 2 aliphatic rings. The van der Waals surface area contributed by atoms with Gasteiger partial charge in [-0.3, -0.25) is 4.90 Å². The fraction of sp³-hybridized carbons (Fsp3) is 0.238. The zero-order valence-corrected chi connectivity index (χ0v) is 16.8. The van der Waals surface area contributed by atoms with E-state index < -0.39 is 0 Å². The SMILES string of the molecule is COc1cccc2c1Oc1cc3c(cc1CN(Cc1ccc(Cl)s1)C2)OCO3. The predicted octanol–water partition coefficient (Wildman–Crippen LogP) is 5.45. The quantitative estimate of drug-likeness (QED) is 0.569. The second-order valence-electron chi connectivity index (χ2n) is 6.71. The predicted molar refractivity (Wildman–Crippen MR) is 108 cm³/mol. The van der Waals surface area contributed by atoms with Gasteiger partial charge in [0.2, 0.25) is 6.79 Å². The highest BCUT2D eigenvalue weighted by Gasteiger charge is 2.25. The minimum Gasteiger partial charge on any atom is -0.493 e. The number of nitrogens with zero attached hydrogens (tertiary/aromatic N) is 1. The summed E-state index contributed by atoms with van der Waals surface area (Å²) in [6.45, 7) is 2.48. The topological polar surface area (TPSA) is 40.2 Å². The number of fused-ring (bicyclic) bond motifs is 3. The zero-order valence-electron chi connectivity index (χ0n) is 15.2. The fourth-order valence-electron chi connectivity index (χ4n) is 3.56. The molecule has 3 heterocycles. The van der Waals surface area contributed by atoms with Crippen molar-refractivity contribution in [3.63, 3.8) is 0 Å². The van der Waals surface area contributed by atoms with Gasteiger partial charge in [-0.2, -0.15) is 0 Å². The van der Waals surface area contributed by atoms with Crippen molar-refractivity contribution in [1.82, 2.24) is 4.90 Å². The molecule has 0 spiro atoms. The largest absolute Gasteiger partial charge is 0.493 e. The van der Waals surface area contributed by atoms with Gasteiger partial charge in [-0.1, -0.05) is 23.7 Å². The molecule has 0 fully saturated rings. The Kier molecular flexibility index (Phi) is 4.55. The monoisotopic (exact) mass is 415 g/mol. The standard InChI is InChI=1S/C21H18ClNO4S/c1-24-16-4-2-3-13-9-23(11-15-5-6-20(22)28-15)10-14-7-18-19(26-12-25-18)8-17(14)27-21(13)16/h2-8H,9-12H2,1H3. The van der Waals surface area contributed by atoms with Crippen LogP contribution in [0.5, 0.6) is 28.7 Å². The molecule has 5 rings (SSSR count). The van der Waals surface area contributed by atoms with Crippen LogP contribution in [0.4, 0.5) is 0 Å². The Balaban J connectivity index is 1.59. The maximum atomic E-state index is 6.33. The molecular formula is C21H18ClNO4S. The van der Waals surface area contributed by atoms with Gasteiger partial charge in [0.25, 0.3) is 0 Å². The molecule has 2 aromatic carbocycles. The number of hydrogen-bond acceptors (Lipinski definition) is 6. The molecule has 0 atom stereocenters. The summed E-state index contributed by atoms with van der Waals surface area (Å²) in [7, 11) is 1.66. The molecule has 0 N–H and O–H groups in total. The van der Waals surface area contributed by atoms with Crippen molar-refractivity contribution >= 4 is 22.9 Å². The molecule has 0 radical (unpaired) electrons. The molecule has 0 bridgehead atoms. The van der Waals surface area contributed by atoms with Crippen LogP contribution in [0.15, 0.2) is 42.5 Å². The summed E-state index contributed by atoms with van der Waals surface area (Å²) in [5.74, 6) is 3.65. The van der Waals surface area contributed by atoms with Gasteiger partial charge in [-0.15, -0.1) is 11.3 Å². The van der Waals surface area contributed by atoms with E-state index in [0.717, 1.165) is 52.3 Å². The highest BCUT2D eigenvalue weighted by Crippen LogP contribution is 2.44. The van der Waals surface area contributed by atoms with Crippen LogP contribution >= 0.6 is 22.9 Å². The molecule has 2 aliphatic heterocycles. The van der Waals surface area contributed by atoms with Gasteiger partial charge in [0.15, 0.2) is 23.0 Å². The molecule has 5 nitrogen and oxygen atoms in total. The van der Waals surface area contributed by atoms with E-state index in [4.69, 9.17) is 30.5 Å². The van der Waals surface area contributed by atoms with Crippen molar-refractivity contribution in [1.29, 1.82) is 0 Å². The second kappa shape index (κ2) is 7.20. The van der Waals surface area contributed by atoms with Gasteiger partial charge in [-0.05, 0) is 24.3 Å². The summed E-state index contributed by atoms with van der Waals surface area (Å²) in [6.07, 6.45) is 0. The van der Waals surface area contributed by atoms with Gasteiger partial charge in [0.05, 0.1) is 11.4 Å². The van der Waals surface area contributed by atoms with Gasteiger partial charge < -0.3 is 18.9 Å². The number of rotatable bonds is 3. The van der Waals surface area contributed by atoms with Crippen LogP contribution in [0.2, 0.25) is 4.34 Å². The number of para-hydroxylation sites is 1. The molecular weight excluding hydrogens is 398 g/mol. The lowest BCUT2D eigenvalue weighted by atomic mass is 10.1. The highest BCUT2D eigenvalue weighted by molar-refractivity contribution is 7.16. The van der Waals surface area contributed by atoms with Crippen LogP contribution in [0, 0.1) is 0 Å². The Bertz CT molecular complexity index is 1040. The molecule has 0 amide bonds. The van der Waals surface area contributed by atoms with Gasteiger partial charge in [-0.25, -0.2) is 0 Å². The van der Waals surface area contributed by atoms with Crippen LogP contribution < -0.4 is 18.9 Å². The maximum absolute atomic E-state index is 6.33. The molecule has 1 aromatic heterocycles. The smallest absolute Gasteiger partial charge is 0.231 e. The van der Waals surface area contributed by atoms with E-state index in [1.54, 1.807) is 18.4 Å². The third-order valence-electron chi connectivity index (χ3n) is 4.84. The van der Waals surface area contributed by atoms with Crippen LogP contribution in [-0.2, 0) is 19.6 Å². The first-order chi connectivity index (χ1) is 13.7. The first-order valence-electron chi connectivity index (χ1n) is 8.92. The van der Waals surface area contributed by atoms with Gasteiger partial charge in [0, 0.05) is 41.7 Å². The molecule has 3 aromatic rings. The van der Waals surface area contributed by atoms with Crippen LogP contribution in [0.3, 0.4) is 0 Å². The molecule has 7 heteroatoms. The summed E-state index contributed by atoms with van der Waals surface area (Å²) in [6, 6.07) is 13.9. The zero-order chi connectivity index (χ0) is 19.1. The average Bonchev–Trinajstić information content (AvgIpc) is 3.29. The van der Waals surface area contributed by atoms with E-state index in [1.807, 2.05) is 30.3 Å². The van der Waals surface area contributed by atoms with Crippen molar-refractivity contribution < 1.29 is 18.9 Å². The van der Waals surface area contributed by atoms with Gasteiger partial charge in [0.1, 0.15) is 5.75 Å². The molecule has 28 heavy (non-hydrogen) atoms. The third-order valence-corrected chi connectivity index (χ3v) is 6.06. The summed E-state index contributed by atoms with van der Waals surface area (Å²) in [5, 5.41) is 0. The van der Waals surface area contributed by atoms with Crippen LogP contribution in [0.25, 0.3) is 0 Å². The number of halogens is 1. The van der Waals surface area contributed by atoms with E-state index in [1.165, 1.54) is 4.88 Å². The Morgan fingerprint density at radius 3 is 2.64 bits per heavy atom. The molecule has 0 saturated heterocycles. The van der Waals surface area contributed by atoms with Crippen molar-refractivity contribution in [2.24, 2.45) is 0 Å². The third kappa shape index (κ3) is 3.28. The van der Waals surface area contributed by atoms with Crippen molar-refractivity contribution in [3.05, 3.63) is 62.8 Å². The van der Waals surface area contributed by atoms with E-state index >= 15 is 0 Å². The Hall–Kier alpha value is -2.41. The van der Waals surface area contributed by atoms with Crippen molar-refractivity contribution in [2.75, 3.05) is 13.9 Å². The fourth-order valence-corrected chi connectivity index (χ4v) is 4.69. The summed E-state index contributed by atoms with van der Waals surface area (Å²) >= 11 is 7.74. The first-order valence-corrected chi connectivity index (χ1v) is 10.1. The minimum absolute atomic E-state index is 0.232. The van der Waals surface area contributed by atoms with Crippen molar-refractivity contribution in [2.45, 2.75) is 19.6 Å². The van der Waals surface area contributed by atoms with E-state index in [9.17, 15) is 0 Å². The van der Waals surface area contributed by atoms with Crippen LogP contribution in [-0.4, -0.2) is 18.8 Å². The van der Waals surface area contributed by atoms with Crippen LogP contribution in [0.1, 0.15) is 16.0 Å². The second-order valence-corrected chi connectivity index (χ2v) is 8.51. The molecule has 0 unspecified atom stereocenters. The summed E-state index contributed by atoms with van der Waals surface area (Å²) in [5.41, 5.74) is 2.12. The number of thiophene rings is 1. The molecule has 0 saturated carbocycles. The van der Waals surface area contributed by atoms with E-state index in [0.29, 0.717) is 11.5 Å². The summed E-state index contributed by atoms with van der Waals surface area (Å²) < 4.78 is 23.8. The first kappa shape index (κ1) is 17.7.